The van der Waals surface area contributed by atoms with Gasteiger partial charge in [-0.15, -0.1) is 4.79 Å². The monoisotopic (exact) mass is 291 g/mol. The summed E-state index contributed by atoms with van der Waals surface area (Å²) in [7, 11) is 0. The Hall–Kier alpha value is -2.88. The molecule has 0 unspecified atom stereocenters. The van der Waals surface area contributed by atoms with Gasteiger partial charge >= 0.3 is 0 Å². The number of nitrogens with zero attached hydrogens (tertiary/aromatic N) is 2. The summed E-state index contributed by atoms with van der Waals surface area (Å²) in [4.78, 5) is 13.7. The molecule has 2 aromatic carbocycles. The first-order chi connectivity index (χ1) is 10.7. The second-order valence-corrected chi connectivity index (χ2v) is 5.15. The zero-order valence-electron chi connectivity index (χ0n) is 12.6. The van der Waals surface area contributed by atoms with Crippen LogP contribution in [0, 0.1) is 6.92 Å². The lowest BCUT2D eigenvalue weighted by Gasteiger charge is -2.00. The van der Waals surface area contributed by atoms with Crippen LogP contribution in [0.1, 0.15) is 18.1 Å². The molecule has 0 spiro atoms. The minimum absolute atomic E-state index is 0.130. The number of rotatable bonds is 3. The Morgan fingerprint density at radius 3 is 2.23 bits per heavy atom. The number of aromatic amines is 1. The van der Waals surface area contributed by atoms with Crippen LogP contribution < -0.4 is 5.56 Å². The van der Waals surface area contributed by atoms with Crippen LogP contribution in [-0.2, 0) is 0 Å². The van der Waals surface area contributed by atoms with Gasteiger partial charge in [-0.25, -0.2) is 0 Å². The maximum Gasteiger partial charge on any atom is 0.291 e. The molecule has 0 amide bonds. The zero-order valence-corrected chi connectivity index (χ0v) is 12.6. The van der Waals surface area contributed by atoms with Crippen molar-refractivity contribution in [3.8, 4) is 11.3 Å². The highest BCUT2D eigenvalue weighted by Crippen LogP contribution is 2.18. The van der Waals surface area contributed by atoms with Gasteiger partial charge in [0.15, 0.2) is 0 Å². The number of hydrogen-bond donors (Lipinski definition) is 1. The van der Waals surface area contributed by atoms with E-state index >= 15 is 0 Å². The van der Waals surface area contributed by atoms with Crippen LogP contribution in [0.2, 0.25) is 0 Å². The average molecular weight is 291 g/mol. The highest BCUT2D eigenvalue weighted by Gasteiger charge is 2.11. The van der Waals surface area contributed by atoms with Crippen LogP contribution in [-0.4, -0.2) is 15.6 Å². The Bertz CT molecular complexity index is 858. The molecule has 0 aliphatic rings. The van der Waals surface area contributed by atoms with Crippen molar-refractivity contribution in [2.75, 3.05) is 0 Å². The largest absolute Gasteiger partial charge is 0.291 e. The number of aromatic nitrogens is 2. The van der Waals surface area contributed by atoms with Crippen molar-refractivity contribution >= 4 is 5.71 Å². The Kier molecular flexibility index (Phi) is 3.74. The first-order valence-electron chi connectivity index (χ1n) is 7.15. The lowest BCUT2D eigenvalue weighted by molar-refractivity contribution is 0.715. The Morgan fingerprint density at radius 2 is 1.59 bits per heavy atom. The topological polar surface area (TPSA) is 50.1 Å². The molecule has 3 aromatic rings. The fourth-order valence-corrected chi connectivity index (χ4v) is 2.35. The van der Waals surface area contributed by atoms with Crippen molar-refractivity contribution < 1.29 is 0 Å². The molecular formula is C18H17N3O. The van der Waals surface area contributed by atoms with E-state index in [2.05, 4.69) is 10.2 Å². The molecule has 1 aromatic heterocycles. The van der Waals surface area contributed by atoms with Crippen molar-refractivity contribution in [2.24, 2.45) is 5.10 Å². The number of H-pyrrole nitrogens is 1. The van der Waals surface area contributed by atoms with E-state index in [4.69, 9.17) is 0 Å². The van der Waals surface area contributed by atoms with E-state index < -0.39 is 0 Å². The summed E-state index contributed by atoms with van der Waals surface area (Å²) in [6, 6.07) is 19.6. The van der Waals surface area contributed by atoms with Gasteiger partial charge < -0.3 is 0 Å². The van der Waals surface area contributed by atoms with Crippen LogP contribution in [0.3, 0.4) is 0 Å². The molecule has 0 aliphatic heterocycles. The molecule has 3 rings (SSSR count). The second-order valence-electron chi connectivity index (χ2n) is 5.15. The first kappa shape index (κ1) is 14.1. The minimum atomic E-state index is -0.130. The Labute approximate surface area is 128 Å². The van der Waals surface area contributed by atoms with Gasteiger partial charge in [-0.2, -0.15) is 5.10 Å². The molecule has 0 atom stereocenters. The van der Waals surface area contributed by atoms with Crippen molar-refractivity contribution in [1.82, 2.24) is 9.89 Å². The van der Waals surface area contributed by atoms with E-state index in [9.17, 15) is 4.79 Å². The summed E-state index contributed by atoms with van der Waals surface area (Å²) in [5, 5.41) is 7.48. The Morgan fingerprint density at radius 1 is 1.00 bits per heavy atom. The Balaban J connectivity index is 2.05. The normalized spacial score (nSPS) is 11.6. The van der Waals surface area contributed by atoms with Crippen molar-refractivity contribution in [3.63, 3.8) is 0 Å². The van der Waals surface area contributed by atoms with E-state index in [1.165, 1.54) is 4.79 Å². The summed E-state index contributed by atoms with van der Waals surface area (Å²) in [5.41, 5.74) is 4.08. The molecule has 0 saturated carbocycles. The van der Waals surface area contributed by atoms with E-state index in [1.807, 2.05) is 74.5 Å². The molecule has 0 fully saturated rings. The molecule has 0 saturated heterocycles. The van der Waals surface area contributed by atoms with Crippen LogP contribution in [0.4, 0.5) is 0 Å². The van der Waals surface area contributed by atoms with Crippen LogP contribution >= 0.6 is 0 Å². The molecule has 0 bridgehead atoms. The lowest BCUT2D eigenvalue weighted by atomic mass is 10.1. The van der Waals surface area contributed by atoms with Gasteiger partial charge in [0.05, 0.1) is 11.4 Å². The molecule has 0 aliphatic carbocycles. The maximum atomic E-state index is 12.4. The molecule has 110 valence electrons. The van der Waals surface area contributed by atoms with E-state index in [-0.39, 0.29) is 5.56 Å². The minimum Gasteiger partial charge on any atom is -0.274 e. The predicted molar refractivity (Wildman–Crippen MR) is 89.3 cm³/mol. The summed E-state index contributed by atoms with van der Waals surface area (Å²) in [6.45, 7) is 3.70. The fourth-order valence-electron chi connectivity index (χ4n) is 2.35. The molecule has 1 N–H and O–H groups in total. The first-order valence-corrected chi connectivity index (χ1v) is 7.15. The van der Waals surface area contributed by atoms with Crippen molar-refractivity contribution in [3.05, 3.63) is 82.1 Å². The van der Waals surface area contributed by atoms with E-state index in [0.717, 1.165) is 22.5 Å². The molecule has 1 heterocycles. The molecule has 22 heavy (non-hydrogen) atoms. The third-order valence-electron chi connectivity index (χ3n) is 3.61. The number of nitrogens with one attached hydrogen (secondary N) is 1. The second kappa shape index (κ2) is 5.85. The molecule has 0 radical (unpaired) electrons. The average Bonchev–Trinajstić information content (AvgIpc) is 2.85. The molecule has 4 nitrogen and oxygen atoms in total. The third-order valence-corrected chi connectivity index (χ3v) is 3.61. The summed E-state index contributed by atoms with van der Waals surface area (Å²) in [6.07, 6.45) is 0. The molecular weight excluding hydrogens is 274 g/mol. The predicted octanol–water partition coefficient (Wildman–Crippen LogP) is 3.42. The van der Waals surface area contributed by atoms with Crippen LogP contribution in [0.15, 0.2) is 70.6 Å². The van der Waals surface area contributed by atoms with Crippen LogP contribution in [0.25, 0.3) is 11.3 Å². The SMILES string of the molecule is C/C(=N\n1[nH]c(-c2ccccc2)c(C)c1=O)c1ccccc1. The maximum absolute atomic E-state index is 12.4. The van der Waals surface area contributed by atoms with Crippen LogP contribution in [0.5, 0.6) is 0 Å². The van der Waals surface area contributed by atoms with E-state index in [1.54, 1.807) is 0 Å². The highest BCUT2D eigenvalue weighted by atomic mass is 16.1. The van der Waals surface area contributed by atoms with Gasteiger partial charge in [0.25, 0.3) is 5.56 Å². The van der Waals surface area contributed by atoms with Crippen molar-refractivity contribution in [2.45, 2.75) is 13.8 Å². The molecule has 4 heteroatoms. The standard InChI is InChI=1S/C18H17N3O/c1-13-17(16-11-7-4-8-12-16)20-21(18(13)22)19-14(2)15-9-5-3-6-10-15/h3-12,20H,1-2H3/b19-14+. The van der Waals surface area contributed by atoms with E-state index in [0.29, 0.717) is 5.56 Å². The fraction of sp³-hybridized carbons (Fsp3) is 0.111. The van der Waals surface area contributed by atoms with Gasteiger partial charge in [-0.3, -0.25) is 9.89 Å². The van der Waals surface area contributed by atoms with Gasteiger partial charge in [0.2, 0.25) is 0 Å². The van der Waals surface area contributed by atoms with Gasteiger partial charge in [-0.05, 0) is 25.0 Å². The summed E-state index contributed by atoms with van der Waals surface area (Å²) < 4.78 is 0. The summed E-state index contributed by atoms with van der Waals surface area (Å²) in [5.74, 6) is 0. The zero-order chi connectivity index (χ0) is 15.5. The quantitative estimate of drug-likeness (QED) is 0.738. The highest BCUT2D eigenvalue weighted by molar-refractivity contribution is 5.98. The van der Waals surface area contributed by atoms with Gasteiger partial charge in [-0.1, -0.05) is 60.7 Å². The van der Waals surface area contributed by atoms with Crippen molar-refractivity contribution in [1.29, 1.82) is 0 Å². The lowest BCUT2D eigenvalue weighted by Crippen LogP contribution is -2.15. The van der Waals surface area contributed by atoms with Gasteiger partial charge in [0.1, 0.15) is 0 Å². The number of benzene rings is 2. The number of hydrogen-bond acceptors (Lipinski definition) is 2. The smallest absolute Gasteiger partial charge is 0.274 e. The third kappa shape index (κ3) is 2.63. The van der Waals surface area contributed by atoms with Gasteiger partial charge in [0, 0.05) is 5.56 Å². The summed E-state index contributed by atoms with van der Waals surface area (Å²) >= 11 is 0.